The number of benzene rings is 1. The third-order valence-corrected chi connectivity index (χ3v) is 6.53. The molecule has 0 saturated carbocycles. The zero-order valence-corrected chi connectivity index (χ0v) is 18.4. The topological polar surface area (TPSA) is 95.7 Å². The second kappa shape index (κ2) is 9.16. The summed E-state index contributed by atoms with van der Waals surface area (Å²) in [7, 11) is 0. The number of nitrogens with two attached hydrogens (primary N) is 1. The lowest BCUT2D eigenvalue weighted by Gasteiger charge is -2.39. The maximum atomic E-state index is 13.6. The molecule has 1 aromatic carbocycles. The first-order valence-corrected chi connectivity index (χ1v) is 10.9. The molecule has 5 atom stereocenters. The highest BCUT2D eigenvalue weighted by atomic mass is 16.2. The van der Waals surface area contributed by atoms with Gasteiger partial charge in [-0.15, -0.1) is 0 Å². The number of nitrogens with one attached hydrogen (secondary N) is 1. The minimum Gasteiger partial charge on any atom is -0.343 e. The fourth-order valence-corrected chi connectivity index (χ4v) is 4.80. The van der Waals surface area contributed by atoms with E-state index in [-0.39, 0.29) is 41.5 Å². The summed E-state index contributed by atoms with van der Waals surface area (Å²) in [5.74, 6) is 0.0127. The zero-order chi connectivity index (χ0) is 22.0. The van der Waals surface area contributed by atoms with Crippen LogP contribution in [0.4, 0.5) is 0 Å². The third-order valence-electron chi connectivity index (χ3n) is 6.53. The van der Waals surface area contributed by atoms with Crippen molar-refractivity contribution in [2.45, 2.75) is 58.2 Å². The highest BCUT2D eigenvalue weighted by Crippen LogP contribution is 2.42. The number of rotatable bonds is 5. The van der Waals surface area contributed by atoms with E-state index in [0.717, 1.165) is 6.42 Å². The number of likely N-dealkylation sites (tertiary alicyclic amines) is 2. The van der Waals surface area contributed by atoms with Crippen LogP contribution in [0, 0.1) is 11.8 Å². The molecule has 0 radical (unpaired) electrons. The second-order valence-electron chi connectivity index (χ2n) is 9.01. The largest absolute Gasteiger partial charge is 0.343 e. The smallest absolute Gasteiger partial charge is 0.245 e. The van der Waals surface area contributed by atoms with Gasteiger partial charge in [0.2, 0.25) is 17.7 Å². The predicted molar refractivity (Wildman–Crippen MR) is 115 cm³/mol. The number of fused-ring (bicyclic) bond motifs is 1. The van der Waals surface area contributed by atoms with Crippen LogP contribution in [-0.2, 0) is 14.4 Å². The molecule has 2 saturated heterocycles. The maximum Gasteiger partial charge on any atom is 0.245 e. The average Bonchev–Trinajstić information content (AvgIpc) is 3.10. The summed E-state index contributed by atoms with van der Waals surface area (Å²) in [6, 6.07) is 9.00. The molecule has 3 N–H and O–H groups in total. The monoisotopic (exact) mass is 414 g/mol. The van der Waals surface area contributed by atoms with Gasteiger partial charge in [-0.3, -0.25) is 14.4 Å². The van der Waals surface area contributed by atoms with Crippen LogP contribution in [0.15, 0.2) is 30.3 Å². The van der Waals surface area contributed by atoms with Gasteiger partial charge in [-0.1, -0.05) is 44.2 Å². The molecule has 2 fully saturated rings. The summed E-state index contributed by atoms with van der Waals surface area (Å²) in [6.07, 6.45) is 0.755. The van der Waals surface area contributed by atoms with Crippen LogP contribution in [0.5, 0.6) is 0 Å². The molecular weight excluding hydrogens is 380 g/mol. The Balaban J connectivity index is 1.88. The normalized spacial score (nSPS) is 25.6. The fourth-order valence-electron chi connectivity index (χ4n) is 4.80. The number of carbonyl (C=O) groups is 3. The molecule has 0 aliphatic carbocycles. The summed E-state index contributed by atoms with van der Waals surface area (Å²) in [6.45, 7) is 9.00. The van der Waals surface area contributed by atoms with Crippen LogP contribution in [0.1, 0.15) is 45.6 Å². The SMILES string of the molecule is CC(=O)N1CC[C@@H]2[C@H](C1)[C@@H](c1ccccc1)CN2C(=O)[C@@H](NC(=O)[C@H](C)N)C(C)C. The summed E-state index contributed by atoms with van der Waals surface area (Å²) in [4.78, 5) is 41.7. The molecule has 164 valence electrons. The first-order valence-electron chi connectivity index (χ1n) is 10.9. The van der Waals surface area contributed by atoms with Crippen LogP contribution >= 0.6 is 0 Å². The van der Waals surface area contributed by atoms with Gasteiger partial charge in [-0.05, 0) is 24.8 Å². The lowest BCUT2D eigenvalue weighted by atomic mass is 9.82. The number of nitrogens with zero attached hydrogens (tertiary/aromatic N) is 2. The summed E-state index contributed by atoms with van der Waals surface area (Å²) < 4.78 is 0. The number of hydrogen-bond acceptors (Lipinski definition) is 4. The lowest BCUT2D eigenvalue weighted by molar-refractivity contribution is -0.140. The Morgan fingerprint density at radius 3 is 2.33 bits per heavy atom. The van der Waals surface area contributed by atoms with E-state index in [1.807, 2.05) is 41.8 Å². The van der Waals surface area contributed by atoms with Gasteiger partial charge < -0.3 is 20.9 Å². The minimum absolute atomic E-state index is 0.0493. The summed E-state index contributed by atoms with van der Waals surface area (Å²) >= 11 is 0. The van der Waals surface area contributed by atoms with E-state index in [1.54, 1.807) is 13.8 Å². The highest BCUT2D eigenvalue weighted by molar-refractivity contribution is 5.90. The standard InChI is InChI=1S/C23H34N4O3/c1-14(2)21(25-22(29)15(3)24)23(30)27-13-18(17-8-6-5-7-9-17)19-12-26(16(4)28)11-10-20(19)27/h5-9,14-15,18-21H,10-13,24H2,1-4H3,(H,25,29)/t15-,18+,19+,20+,21-/m0/s1. The molecule has 7 nitrogen and oxygen atoms in total. The molecule has 3 amide bonds. The van der Waals surface area contributed by atoms with Crippen LogP contribution < -0.4 is 11.1 Å². The first kappa shape index (κ1) is 22.3. The molecule has 0 aromatic heterocycles. The Kier molecular flexibility index (Phi) is 6.81. The number of amides is 3. The molecule has 30 heavy (non-hydrogen) atoms. The Hall–Kier alpha value is -2.41. The van der Waals surface area contributed by atoms with Crippen molar-refractivity contribution in [3.63, 3.8) is 0 Å². The average molecular weight is 415 g/mol. The molecule has 1 aromatic rings. The highest BCUT2D eigenvalue weighted by Gasteiger charge is 2.48. The van der Waals surface area contributed by atoms with Crippen molar-refractivity contribution in [3.8, 4) is 0 Å². The van der Waals surface area contributed by atoms with Gasteiger partial charge in [0.25, 0.3) is 0 Å². The van der Waals surface area contributed by atoms with Crippen molar-refractivity contribution in [2.75, 3.05) is 19.6 Å². The van der Waals surface area contributed by atoms with Crippen molar-refractivity contribution in [3.05, 3.63) is 35.9 Å². The van der Waals surface area contributed by atoms with E-state index >= 15 is 0 Å². The number of carbonyl (C=O) groups excluding carboxylic acids is 3. The van der Waals surface area contributed by atoms with Gasteiger partial charge >= 0.3 is 0 Å². The Bertz CT molecular complexity index is 780. The van der Waals surface area contributed by atoms with Gasteiger partial charge in [0.1, 0.15) is 6.04 Å². The number of piperidine rings is 1. The zero-order valence-electron chi connectivity index (χ0n) is 18.4. The van der Waals surface area contributed by atoms with Gasteiger partial charge in [-0.25, -0.2) is 0 Å². The van der Waals surface area contributed by atoms with E-state index in [4.69, 9.17) is 5.73 Å². The van der Waals surface area contributed by atoms with Gasteiger partial charge in [-0.2, -0.15) is 0 Å². The van der Waals surface area contributed by atoms with E-state index in [2.05, 4.69) is 17.4 Å². The molecule has 2 aliphatic rings. The van der Waals surface area contributed by atoms with Crippen LogP contribution in [0.2, 0.25) is 0 Å². The molecule has 0 bridgehead atoms. The lowest BCUT2D eigenvalue weighted by Crippen LogP contribution is -2.57. The van der Waals surface area contributed by atoms with Crippen molar-refractivity contribution in [2.24, 2.45) is 17.6 Å². The van der Waals surface area contributed by atoms with Gasteiger partial charge in [0.05, 0.1) is 6.04 Å². The fraction of sp³-hybridized carbons (Fsp3) is 0.609. The molecular formula is C23H34N4O3. The van der Waals surface area contributed by atoms with Crippen molar-refractivity contribution in [1.29, 1.82) is 0 Å². The van der Waals surface area contributed by atoms with Crippen LogP contribution in [0.25, 0.3) is 0 Å². The van der Waals surface area contributed by atoms with E-state index in [1.165, 1.54) is 5.56 Å². The Labute approximate surface area is 179 Å². The Morgan fingerprint density at radius 2 is 1.77 bits per heavy atom. The van der Waals surface area contributed by atoms with E-state index in [9.17, 15) is 14.4 Å². The van der Waals surface area contributed by atoms with Crippen molar-refractivity contribution < 1.29 is 14.4 Å². The first-order chi connectivity index (χ1) is 14.2. The molecule has 7 heteroatoms. The molecule has 0 unspecified atom stereocenters. The number of hydrogen-bond donors (Lipinski definition) is 2. The van der Waals surface area contributed by atoms with Crippen molar-refractivity contribution in [1.82, 2.24) is 15.1 Å². The van der Waals surface area contributed by atoms with Gasteiger partial charge in [0, 0.05) is 44.4 Å². The van der Waals surface area contributed by atoms with Crippen LogP contribution in [0.3, 0.4) is 0 Å². The van der Waals surface area contributed by atoms with Crippen LogP contribution in [-0.4, -0.2) is 65.3 Å². The molecule has 0 spiro atoms. The third kappa shape index (κ3) is 4.51. The molecule has 2 aliphatic heterocycles. The predicted octanol–water partition coefficient (Wildman–Crippen LogP) is 1.34. The van der Waals surface area contributed by atoms with E-state index < -0.39 is 12.1 Å². The molecule has 3 rings (SSSR count). The Morgan fingerprint density at radius 1 is 1.10 bits per heavy atom. The minimum atomic E-state index is -0.666. The quantitative estimate of drug-likeness (QED) is 0.760. The van der Waals surface area contributed by atoms with Crippen molar-refractivity contribution >= 4 is 17.7 Å². The van der Waals surface area contributed by atoms with E-state index in [0.29, 0.717) is 19.6 Å². The maximum absolute atomic E-state index is 13.6. The molecule has 2 heterocycles. The van der Waals surface area contributed by atoms with Gasteiger partial charge in [0.15, 0.2) is 0 Å². The summed E-state index contributed by atoms with van der Waals surface area (Å²) in [5, 5.41) is 2.85. The second-order valence-corrected chi connectivity index (χ2v) is 9.01. The summed E-state index contributed by atoms with van der Waals surface area (Å²) in [5.41, 5.74) is 6.90.